The van der Waals surface area contributed by atoms with Gasteiger partial charge in [0, 0.05) is 23.1 Å². The minimum Gasteiger partial charge on any atom is -0.489 e. The highest BCUT2D eigenvalue weighted by Gasteiger charge is 2.41. The van der Waals surface area contributed by atoms with Crippen LogP contribution in [0.1, 0.15) is 6.92 Å². The number of nitro groups is 1. The van der Waals surface area contributed by atoms with Gasteiger partial charge in [0.2, 0.25) is 0 Å². The van der Waals surface area contributed by atoms with E-state index in [4.69, 9.17) is 9.47 Å². The number of aromatic nitrogens is 4. The van der Waals surface area contributed by atoms with Crippen LogP contribution in [0, 0.1) is 10.1 Å². The van der Waals surface area contributed by atoms with Crippen molar-refractivity contribution in [3.05, 3.63) is 59.3 Å². The van der Waals surface area contributed by atoms with Crippen LogP contribution in [0.2, 0.25) is 0 Å². The van der Waals surface area contributed by atoms with E-state index in [0.29, 0.717) is 18.9 Å². The highest BCUT2D eigenvalue weighted by atomic mass is 16.6. The summed E-state index contributed by atoms with van der Waals surface area (Å²) in [6.45, 7) is 2.62. The molecule has 3 aromatic rings. The van der Waals surface area contributed by atoms with Crippen molar-refractivity contribution in [3.8, 4) is 17.4 Å². The average molecular weight is 341 g/mol. The number of fused-ring (bicyclic) bond motifs is 1. The molecule has 3 heterocycles. The van der Waals surface area contributed by atoms with E-state index >= 15 is 0 Å². The molecule has 128 valence electrons. The maximum atomic E-state index is 10.7. The van der Waals surface area contributed by atoms with E-state index in [1.807, 2.05) is 42.0 Å². The molecule has 9 heteroatoms. The van der Waals surface area contributed by atoms with Crippen LogP contribution >= 0.6 is 0 Å². The summed E-state index contributed by atoms with van der Waals surface area (Å²) in [6, 6.07) is 7.86. The van der Waals surface area contributed by atoms with Crippen molar-refractivity contribution in [2.24, 2.45) is 0 Å². The summed E-state index contributed by atoms with van der Waals surface area (Å²) in [5.74, 6) is 0.497. The maximum absolute atomic E-state index is 10.7. The summed E-state index contributed by atoms with van der Waals surface area (Å²) >= 11 is 0. The van der Waals surface area contributed by atoms with Crippen LogP contribution in [-0.2, 0) is 6.54 Å². The number of hydrogen-bond acceptors (Lipinski definition) is 6. The van der Waals surface area contributed by atoms with Gasteiger partial charge in [0.1, 0.15) is 18.6 Å². The monoisotopic (exact) mass is 341 g/mol. The third kappa shape index (κ3) is 2.91. The van der Waals surface area contributed by atoms with Gasteiger partial charge in [-0.3, -0.25) is 4.57 Å². The molecule has 0 aliphatic carbocycles. The Hall–Kier alpha value is -3.36. The molecule has 0 radical (unpaired) electrons. The first-order valence-corrected chi connectivity index (χ1v) is 7.64. The van der Waals surface area contributed by atoms with Gasteiger partial charge in [0.25, 0.3) is 0 Å². The Bertz CT molecular complexity index is 878. The number of benzene rings is 1. The summed E-state index contributed by atoms with van der Waals surface area (Å²) in [6.07, 6.45) is 6.69. The fraction of sp³-hybridized carbons (Fsp3) is 0.250. The van der Waals surface area contributed by atoms with Crippen molar-refractivity contribution in [3.63, 3.8) is 0 Å². The van der Waals surface area contributed by atoms with Crippen LogP contribution in [-0.4, -0.2) is 36.2 Å². The Morgan fingerprint density at radius 1 is 1.40 bits per heavy atom. The Morgan fingerprint density at radius 2 is 2.20 bits per heavy atom. The minimum atomic E-state index is -0.625. The highest BCUT2D eigenvalue weighted by Crippen LogP contribution is 2.31. The van der Waals surface area contributed by atoms with E-state index in [1.54, 1.807) is 17.1 Å². The second-order valence-electron chi connectivity index (χ2n) is 6.07. The first-order chi connectivity index (χ1) is 12.0. The molecule has 0 N–H and O–H groups in total. The van der Waals surface area contributed by atoms with Gasteiger partial charge in [-0.2, -0.15) is 0 Å². The molecule has 0 bridgehead atoms. The number of rotatable bonds is 5. The van der Waals surface area contributed by atoms with E-state index in [-0.39, 0.29) is 11.8 Å². The first-order valence-electron chi connectivity index (χ1n) is 7.64. The summed E-state index contributed by atoms with van der Waals surface area (Å²) in [4.78, 5) is 18.1. The third-order valence-corrected chi connectivity index (χ3v) is 3.94. The molecular formula is C16H15N5O4. The quantitative estimate of drug-likeness (QED) is 0.521. The normalized spacial score (nSPS) is 18.6. The summed E-state index contributed by atoms with van der Waals surface area (Å²) < 4.78 is 15.1. The van der Waals surface area contributed by atoms with Crippen molar-refractivity contribution in [1.29, 1.82) is 0 Å². The Balaban J connectivity index is 1.40. The van der Waals surface area contributed by atoms with E-state index in [0.717, 1.165) is 5.69 Å². The molecular weight excluding hydrogens is 326 g/mol. The van der Waals surface area contributed by atoms with Crippen LogP contribution < -0.4 is 9.47 Å². The molecule has 2 aromatic heterocycles. The van der Waals surface area contributed by atoms with Gasteiger partial charge < -0.3 is 24.2 Å². The van der Waals surface area contributed by atoms with Gasteiger partial charge in [0.15, 0.2) is 5.60 Å². The van der Waals surface area contributed by atoms with Crippen LogP contribution in [0.4, 0.5) is 5.82 Å². The third-order valence-electron chi connectivity index (χ3n) is 3.94. The topological polar surface area (TPSA) is 97.2 Å². The SMILES string of the molecule is C[C@]1(COc2ccc(-n3ccnc3)cc2)Cn2cc([N+](=O)[O-])nc2O1. The minimum absolute atomic E-state index is 0.215. The molecule has 1 atom stereocenters. The number of imidazole rings is 2. The standard InChI is InChI=1S/C16H15N5O4/c1-16(9-20-8-14(21(22)23)18-15(20)25-16)10-24-13-4-2-12(3-5-13)19-7-6-17-11-19/h2-8,11H,9-10H2,1H3/t16-/m1/s1. The molecule has 25 heavy (non-hydrogen) atoms. The lowest BCUT2D eigenvalue weighted by atomic mass is 10.1. The lowest BCUT2D eigenvalue weighted by Crippen LogP contribution is -2.38. The number of nitrogens with zero attached hydrogens (tertiary/aromatic N) is 5. The summed E-state index contributed by atoms with van der Waals surface area (Å²) in [7, 11) is 0. The predicted molar refractivity (Wildman–Crippen MR) is 87.0 cm³/mol. The zero-order valence-electron chi connectivity index (χ0n) is 13.4. The molecule has 0 amide bonds. The van der Waals surface area contributed by atoms with Crippen LogP contribution in [0.15, 0.2) is 49.2 Å². The molecule has 9 nitrogen and oxygen atoms in total. The average Bonchev–Trinajstić information content (AvgIpc) is 3.29. The van der Waals surface area contributed by atoms with Crippen LogP contribution in [0.5, 0.6) is 11.8 Å². The molecule has 1 aliphatic heterocycles. The van der Waals surface area contributed by atoms with Crippen LogP contribution in [0.25, 0.3) is 5.69 Å². The Labute approximate surface area is 142 Å². The summed E-state index contributed by atoms with van der Waals surface area (Å²) in [5, 5.41) is 10.7. The van der Waals surface area contributed by atoms with Crippen LogP contribution in [0.3, 0.4) is 0 Å². The zero-order valence-corrected chi connectivity index (χ0v) is 13.4. The lowest BCUT2D eigenvalue weighted by molar-refractivity contribution is -0.389. The molecule has 1 aliphatic rings. The first kappa shape index (κ1) is 15.2. The Morgan fingerprint density at radius 3 is 2.84 bits per heavy atom. The van der Waals surface area contributed by atoms with E-state index in [1.165, 1.54) is 6.20 Å². The van der Waals surface area contributed by atoms with Crippen molar-refractivity contribution < 1.29 is 14.4 Å². The zero-order chi connectivity index (χ0) is 17.4. The molecule has 4 rings (SSSR count). The van der Waals surface area contributed by atoms with Gasteiger partial charge >= 0.3 is 11.8 Å². The highest BCUT2D eigenvalue weighted by molar-refractivity contribution is 5.37. The Kier molecular flexibility index (Phi) is 3.41. The van der Waals surface area contributed by atoms with E-state index < -0.39 is 10.5 Å². The second kappa shape index (κ2) is 5.62. The van der Waals surface area contributed by atoms with Gasteiger partial charge in [-0.15, -0.1) is 0 Å². The molecule has 0 spiro atoms. The molecule has 1 aromatic carbocycles. The predicted octanol–water partition coefficient (Wildman–Crippen LogP) is 2.21. The lowest BCUT2D eigenvalue weighted by Gasteiger charge is -2.22. The molecule has 0 fully saturated rings. The van der Waals surface area contributed by atoms with Gasteiger partial charge in [0.05, 0.1) is 12.9 Å². The fourth-order valence-electron chi connectivity index (χ4n) is 2.72. The maximum Gasteiger partial charge on any atom is 0.415 e. The number of ether oxygens (including phenoxy) is 2. The van der Waals surface area contributed by atoms with Crippen molar-refractivity contribution >= 4 is 5.82 Å². The largest absolute Gasteiger partial charge is 0.489 e. The van der Waals surface area contributed by atoms with Crippen molar-refractivity contribution in [2.75, 3.05) is 6.61 Å². The van der Waals surface area contributed by atoms with Gasteiger partial charge in [-0.1, -0.05) is 0 Å². The van der Waals surface area contributed by atoms with Crippen molar-refractivity contribution in [2.45, 2.75) is 19.1 Å². The molecule has 0 unspecified atom stereocenters. The number of hydrogen-bond donors (Lipinski definition) is 0. The van der Waals surface area contributed by atoms with Gasteiger partial charge in [-0.05, 0) is 36.1 Å². The van der Waals surface area contributed by atoms with E-state index in [2.05, 4.69) is 9.97 Å². The molecule has 0 saturated carbocycles. The second-order valence-corrected chi connectivity index (χ2v) is 6.07. The smallest absolute Gasteiger partial charge is 0.415 e. The van der Waals surface area contributed by atoms with E-state index in [9.17, 15) is 10.1 Å². The molecule has 0 saturated heterocycles. The fourth-order valence-corrected chi connectivity index (χ4v) is 2.72. The summed E-state index contributed by atoms with van der Waals surface area (Å²) in [5.41, 5.74) is 0.362. The van der Waals surface area contributed by atoms with Gasteiger partial charge in [-0.25, -0.2) is 4.98 Å². The van der Waals surface area contributed by atoms with Crippen molar-refractivity contribution in [1.82, 2.24) is 19.1 Å².